The molecule has 1 amide bonds. The van der Waals surface area contributed by atoms with Crippen molar-refractivity contribution in [3.05, 3.63) is 87.7 Å². The first kappa shape index (κ1) is 28.5. The van der Waals surface area contributed by atoms with E-state index in [1.807, 2.05) is 35.2 Å². The maximum atomic E-state index is 14.2. The normalized spacial score (nSPS) is 17.3. The molecule has 9 nitrogen and oxygen atoms in total. The number of likely N-dealkylation sites (tertiary alicyclic amines) is 1. The molecule has 0 spiro atoms. The number of nitrogen functional groups attached to an aromatic ring is 1. The lowest BCUT2D eigenvalue weighted by molar-refractivity contribution is 0.0984. The number of anilines is 2. The highest BCUT2D eigenvalue weighted by Gasteiger charge is 2.27. The Labute approximate surface area is 265 Å². The van der Waals surface area contributed by atoms with Crippen LogP contribution in [0.15, 0.2) is 54.7 Å². The minimum Gasteiger partial charge on any atom is -0.395 e. The molecular formula is C35H36N6O3S. The zero-order valence-electron chi connectivity index (χ0n) is 25.1. The average molecular weight is 621 g/mol. The van der Waals surface area contributed by atoms with Crippen molar-refractivity contribution in [3.63, 3.8) is 0 Å². The van der Waals surface area contributed by atoms with Crippen molar-refractivity contribution in [2.24, 2.45) is 0 Å². The number of carbonyl (C=O) groups is 1. The maximum Gasteiger partial charge on any atom is 0.260 e. The zero-order chi connectivity index (χ0) is 30.5. The van der Waals surface area contributed by atoms with E-state index in [9.17, 15) is 9.90 Å². The van der Waals surface area contributed by atoms with Crippen LogP contribution in [0.25, 0.3) is 21.1 Å². The quantitative estimate of drug-likeness (QED) is 0.225. The van der Waals surface area contributed by atoms with Gasteiger partial charge in [0, 0.05) is 46.9 Å². The summed E-state index contributed by atoms with van der Waals surface area (Å²) in [6.07, 6.45) is 6.13. The number of nitrogens with zero attached hydrogens (tertiary/aromatic N) is 5. The van der Waals surface area contributed by atoms with E-state index in [-0.39, 0.29) is 12.5 Å². The third kappa shape index (κ3) is 5.56. The maximum absolute atomic E-state index is 14.2. The van der Waals surface area contributed by atoms with Crippen LogP contribution in [0.4, 0.5) is 11.5 Å². The summed E-state index contributed by atoms with van der Waals surface area (Å²) in [5.41, 5.74) is 13.5. The summed E-state index contributed by atoms with van der Waals surface area (Å²) in [6, 6.07) is 16.2. The van der Waals surface area contributed by atoms with Crippen molar-refractivity contribution in [1.29, 1.82) is 0 Å². The van der Waals surface area contributed by atoms with Crippen LogP contribution in [-0.4, -0.2) is 57.1 Å². The van der Waals surface area contributed by atoms with Gasteiger partial charge in [0.1, 0.15) is 5.82 Å². The van der Waals surface area contributed by atoms with Gasteiger partial charge in [0.25, 0.3) is 5.91 Å². The van der Waals surface area contributed by atoms with Gasteiger partial charge < -0.3 is 25.4 Å². The van der Waals surface area contributed by atoms with Gasteiger partial charge in [-0.25, -0.2) is 9.97 Å². The fourth-order valence-corrected chi connectivity index (χ4v) is 7.83. The number of nitrogens with two attached hydrogens (primary N) is 1. The molecule has 45 heavy (non-hydrogen) atoms. The number of carbonyl (C=O) groups excluding carboxylic acids is 1. The van der Waals surface area contributed by atoms with Gasteiger partial charge in [0.15, 0.2) is 0 Å². The van der Waals surface area contributed by atoms with Crippen LogP contribution >= 0.6 is 11.3 Å². The second-order valence-electron chi connectivity index (χ2n) is 12.5. The summed E-state index contributed by atoms with van der Waals surface area (Å²) in [5.74, 6) is 1.34. The molecule has 0 unspecified atom stereocenters. The molecule has 2 aliphatic heterocycles. The molecule has 3 aromatic heterocycles. The second-order valence-corrected chi connectivity index (χ2v) is 13.5. The lowest BCUT2D eigenvalue weighted by atomic mass is 9.97. The standard InChI is InChI=1S/C35H36N6O3S/c36-33-28-20-44-19-27(28)26-6-1-21(15-30(26)38-33)18-41(35(43)24-4-7-29(37-17-24)22-2-3-22)25-5-8-32-31(16-25)39-34(45-32)23-9-11-40(12-10-23)13-14-42/h1,4-8,15-17,22-23,42H,2-3,9-14,18-20H2,(H2,36,38). The number of amides is 1. The number of benzene rings is 2. The van der Waals surface area contributed by atoms with Crippen LogP contribution < -0.4 is 10.6 Å². The molecule has 2 aromatic carbocycles. The van der Waals surface area contributed by atoms with Gasteiger partial charge >= 0.3 is 0 Å². The monoisotopic (exact) mass is 620 g/mol. The third-order valence-electron chi connectivity index (χ3n) is 9.46. The molecule has 0 bridgehead atoms. The Hall–Kier alpha value is -3.96. The zero-order valence-corrected chi connectivity index (χ0v) is 25.9. The van der Waals surface area contributed by atoms with Crippen LogP contribution in [0.1, 0.15) is 75.3 Å². The molecule has 5 heterocycles. The van der Waals surface area contributed by atoms with Crippen molar-refractivity contribution >= 4 is 49.9 Å². The van der Waals surface area contributed by atoms with Crippen LogP contribution in [0, 0.1) is 0 Å². The Morgan fingerprint density at radius 2 is 1.82 bits per heavy atom. The molecule has 0 radical (unpaired) electrons. The molecule has 8 rings (SSSR count). The Morgan fingerprint density at radius 1 is 0.978 bits per heavy atom. The van der Waals surface area contributed by atoms with E-state index in [0.29, 0.717) is 43.0 Å². The highest BCUT2D eigenvalue weighted by Crippen LogP contribution is 2.39. The summed E-state index contributed by atoms with van der Waals surface area (Å²) < 4.78 is 6.78. The smallest absolute Gasteiger partial charge is 0.260 e. The molecule has 1 saturated heterocycles. The summed E-state index contributed by atoms with van der Waals surface area (Å²) in [5, 5.41) is 11.5. The number of β-amino-alcohol motifs (C(OH)–C–C–N with tert-alkyl or cyclic N) is 1. The summed E-state index contributed by atoms with van der Waals surface area (Å²) in [4.78, 5) is 32.7. The van der Waals surface area contributed by atoms with Crippen molar-refractivity contribution in [2.75, 3.05) is 36.9 Å². The van der Waals surface area contributed by atoms with Crippen LogP contribution in [0.5, 0.6) is 0 Å². The SMILES string of the molecule is Nc1nc2cc(CN(C(=O)c3ccc(C4CC4)nc3)c3ccc4sc(C5CCN(CCO)CC5)nc4c3)ccc2c2c1COC2. The Balaban J connectivity index is 1.12. The van der Waals surface area contributed by atoms with E-state index in [4.69, 9.17) is 15.5 Å². The van der Waals surface area contributed by atoms with Crippen molar-refractivity contribution in [3.8, 4) is 0 Å². The molecule has 1 aliphatic carbocycles. The van der Waals surface area contributed by atoms with Crippen LogP contribution in [0.3, 0.4) is 0 Å². The Kier molecular flexibility index (Phi) is 7.45. The fraction of sp³-hybridized carbons (Fsp3) is 0.371. The Bertz CT molecular complexity index is 1900. The predicted octanol–water partition coefficient (Wildman–Crippen LogP) is 5.75. The summed E-state index contributed by atoms with van der Waals surface area (Å²) in [6.45, 7) is 4.27. The van der Waals surface area contributed by atoms with Crippen molar-refractivity contribution < 1.29 is 14.6 Å². The minimum atomic E-state index is -0.106. The lowest BCUT2D eigenvalue weighted by Gasteiger charge is -2.30. The number of aromatic nitrogens is 3. The van der Waals surface area contributed by atoms with Gasteiger partial charge in [-0.15, -0.1) is 11.3 Å². The highest BCUT2D eigenvalue weighted by molar-refractivity contribution is 7.18. The molecule has 3 N–H and O–H groups in total. The Morgan fingerprint density at radius 3 is 2.60 bits per heavy atom. The van der Waals surface area contributed by atoms with Crippen LogP contribution in [0.2, 0.25) is 0 Å². The van der Waals surface area contributed by atoms with Gasteiger partial charge in [-0.2, -0.15) is 0 Å². The molecule has 2 fully saturated rings. The second kappa shape index (κ2) is 11.8. The van der Waals surface area contributed by atoms with Gasteiger partial charge in [0.2, 0.25) is 0 Å². The minimum absolute atomic E-state index is 0.106. The number of rotatable bonds is 8. The number of thiazole rings is 1. The summed E-state index contributed by atoms with van der Waals surface area (Å²) >= 11 is 1.75. The van der Waals surface area contributed by atoms with E-state index in [2.05, 4.69) is 33.1 Å². The molecule has 1 saturated carbocycles. The number of pyridine rings is 2. The van der Waals surface area contributed by atoms with E-state index in [0.717, 1.165) is 86.7 Å². The predicted molar refractivity (Wildman–Crippen MR) is 176 cm³/mol. The first-order valence-electron chi connectivity index (χ1n) is 15.8. The number of hydrogen-bond acceptors (Lipinski definition) is 9. The highest BCUT2D eigenvalue weighted by atomic mass is 32.1. The van der Waals surface area contributed by atoms with Gasteiger partial charge in [0.05, 0.1) is 52.7 Å². The van der Waals surface area contributed by atoms with E-state index >= 15 is 0 Å². The van der Waals surface area contributed by atoms with Crippen molar-refractivity contribution in [2.45, 2.75) is 57.3 Å². The third-order valence-corrected chi connectivity index (χ3v) is 10.7. The van der Waals surface area contributed by atoms with E-state index in [1.54, 1.807) is 17.5 Å². The number of aliphatic hydroxyl groups is 1. The number of piperidine rings is 1. The summed E-state index contributed by atoms with van der Waals surface area (Å²) in [7, 11) is 0. The van der Waals surface area contributed by atoms with Gasteiger partial charge in [-0.05, 0) is 86.3 Å². The van der Waals surface area contributed by atoms with E-state index < -0.39 is 0 Å². The molecule has 230 valence electrons. The van der Waals surface area contributed by atoms with Crippen molar-refractivity contribution in [1.82, 2.24) is 19.9 Å². The molecule has 3 aliphatic rings. The number of fused-ring (bicyclic) bond motifs is 4. The molecular weight excluding hydrogens is 584 g/mol. The number of ether oxygens (including phenoxy) is 1. The molecule has 10 heteroatoms. The van der Waals surface area contributed by atoms with E-state index in [1.165, 1.54) is 12.8 Å². The van der Waals surface area contributed by atoms with Gasteiger partial charge in [-0.1, -0.05) is 12.1 Å². The van der Waals surface area contributed by atoms with Crippen LogP contribution in [-0.2, 0) is 24.5 Å². The lowest BCUT2D eigenvalue weighted by Crippen LogP contribution is -2.34. The fourth-order valence-electron chi connectivity index (χ4n) is 6.71. The topological polar surface area (TPSA) is 118 Å². The largest absolute Gasteiger partial charge is 0.395 e. The molecule has 5 aromatic rings. The number of hydrogen-bond donors (Lipinski definition) is 2. The number of aliphatic hydroxyl groups excluding tert-OH is 1. The average Bonchev–Trinajstić information content (AvgIpc) is 3.63. The van der Waals surface area contributed by atoms with Gasteiger partial charge in [-0.3, -0.25) is 9.78 Å². The first-order valence-corrected chi connectivity index (χ1v) is 16.6. The molecule has 0 atom stereocenters. The first-order chi connectivity index (χ1) is 22.0.